The number of thiophene rings is 1. The average molecular weight is 554 g/mol. The second kappa shape index (κ2) is 9.74. The number of fused-ring (bicyclic) bond motifs is 1. The molecule has 2 heterocycles. The minimum Gasteiger partial charge on any atom is -0.272 e. The van der Waals surface area contributed by atoms with E-state index in [1.807, 2.05) is 60.7 Å². The van der Waals surface area contributed by atoms with E-state index in [1.54, 1.807) is 13.0 Å². The molecule has 0 saturated heterocycles. The summed E-state index contributed by atoms with van der Waals surface area (Å²) in [6.07, 6.45) is 0. The van der Waals surface area contributed by atoms with Crippen LogP contribution in [-0.2, 0) is 16.6 Å². The molecule has 0 aliphatic carbocycles. The van der Waals surface area contributed by atoms with Gasteiger partial charge in [-0.25, -0.2) is 18.1 Å². The van der Waals surface area contributed by atoms with Crippen molar-refractivity contribution >= 4 is 61.8 Å². The molecule has 5 rings (SSSR count). The van der Waals surface area contributed by atoms with Crippen LogP contribution in [0.1, 0.15) is 11.1 Å². The van der Waals surface area contributed by atoms with Crippen molar-refractivity contribution in [3.63, 3.8) is 0 Å². The Labute approximate surface area is 222 Å². The molecule has 0 aliphatic rings. The van der Waals surface area contributed by atoms with Gasteiger partial charge in [0.25, 0.3) is 15.6 Å². The maximum atomic E-state index is 13.7. The van der Waals surface area contributed by atoms with Gasteiger partial charge in [0, 0.05) is 14.8 Å². The van der Waals surface area contributed by atoms with Crippen LogP contribution in [0.3, 0.4) is 0 Å². The number of hydrogen-bond acceptors (Lipinski definition) is 6. The van der Waals surface area contributed by atoms with Crippen molar-refractivity contribution in [3.8, 4) is 10.4 Å². The van der Waals surface area contributed by atoms with Crippen molar-refractivity contribution in [3.05, 3.63) is 105 Å². The molecule has 0 fully saturated rings. The van der Waals surface area contributed by atoms with E-state index in [2.05, 4.69) is 22.3 Å². The summed E-state index contributed by atoms with van der Waals surface area (Å²) in [5.74, 6) is -0.0749. The fourth-order valence-electron chi connectivity index (χ4n) is 3.78. The van der Waals surface area contributed by atoms with E-state index >= 15 is 0 Å². The molecule has 1 N–H and O–H groups in total. The van der Waals surface area contributed by atoms with Crippen LogP contribution in [0.2, 0.25) is 5.02 Å². The highest BCUT2D eigenvalue weighted by Gasteiger charge is 2.23. The van der Waals surface area contributed by atoms with Gasteiger partial charge in [0.1, 0.15) is 9.60 Å². The molecule has 0 atom stereocenters. The molecule has 0 radical (unpaired) electrons. The van der Waals surface area contributed by atoms with E-state index in [0.29, 0.717) is 20.8 Å². The molecular weight excluding hydrogens is 534 g/mol. The summed E-state index contributed by atoms with van der Waals surface area (Å²) in [7, 11) is -4.13. The van der Waals surface area contributed by atoms with E-state index < -0.39 is 10.0 Å². The van der Waals surface area contributed by atoms with Crippen molar-refractivity contribution in [1.29, 1.82) is 0 Å². The summed E-state index contributed by atoms with van der Waals surface area (Å²) >= 11 is 11.8. The quantitative estimate of drug-likeness (QED) is 0.244. The summed E-state index contributed by atoms with van der Waals surface area (Å²) in [6.45, 7) is 1.85. The lowest BCUT2D eigenvalue weighted by atomic mass is 10.2. The fourth-order valence-corrected chi connectivity index (χ4v) is 6.80. The average Bonchev–Trinajstić information content (AvgIpc) is 3.29. The first-order chi connectivity index (χ1) is 17.2. The molecule has 6 nitrogen and oxygen atoms in total. The minimum absolute atomic E-state index is 0.0522. The number of thiol groups is 1. The molecule has 36 heavy (non-hydrogen) atoms. The highest BCUT2D eigenvalue weighted by Crippen LogP contribution is 2.32. The van der Waals surface area contributed by atoms with Gasteiger partial charge in [-0.15, -0.1) is 24.0 Å². The van der Waals surface area contributed by atoms with Crippen molar-refractivity contribution in [2.45, 2.75) is 23.3 Å². The summed E-state index contributed by atoms with van der Waals surface area (Å²) in [5, 5.41) is 0.409. The predicted octanol–water partition coefficient (Wildman–Crippen LogP) is 6.22. The summed E-state index contributed by atoms with van der Waals surface area (Å²) < 4.78 is 31.1. The largest absolute Gasteiger partial charge is 0.273 e. The van der Waals surface area contributed by atoms with E-state index in [-0.39, 0.29) is 27.8 Å². The summed E-state index contributed by atoms with van der Waals surface area (Å²) in [4.78, 5) is 19.3. The van der Waals surface area contributed by atoms with Crippen LogP contribution in [-0.4, -0.2) is 18.0 Å². The van der Waals surface area contributed by atoms with Crippen LogP contribution in [0.4, 0.5) is 5.95 Å². The lowest BCUT2D eigenvalue weighted by Gasteiger charge is -2.15. The molecule has 0 bridgehead atoms. The summed E-state index contributed by atoms with van der Waals surface area (Å²) in [5.41, 5.74) is 2.47. The Morgan fingerprint density at radius 3 is 2.39 bits per heavy atom. The molecule has 0 aliphatic heterocycles. The molecule has 2 aromatic heterocycles. The number of rotatable bonds is 6. The third-order valence-electron chi connectivity index (χ3n) is 5.63. The van der Waals surface area contributed by atoms with Gasteiger partial charge < -0.3 is 0 Å². The van der Waals surface area contributed by atoms with Gasteiger partial charge in [-0.05, 0) is 41.8 Å². The molecular formula is C26H20ClN3O3S3. The Hall–Kier alpha value is -3.11. The Morgan fingerprint density at radius 2 is 1.69 bits per heavy atom. The number of anilines is 1. The molecule has 0 spiro atoms. The highest BCUT2D eigenvalue weighted by atomic mass is 35.5. The number of aryl methyl sites for hydroxylation is 1. The van der Waals surface area contributed by atoms with Gasteiger partial charge in [0.2, 0.25) is 5.95 Å². The fraction of sp³-hybridized carbons (Fsp3) is 0.0769. The number of nitrogens with one attached hydrogen (secondary N) is 1. The third kappa shape index (κ3) is 4.79. The number of aromatic nitrogens is 2. The molecule has 0 unspecified atom stereocenters. The van der Waals surface area contributed by atoms with Gasteiger partial charge in [-0.3, -0.25) is 9.36 Å². The number of sulfonamides is 1. The van der Waals surface area contributed by atoms with E-state index in [9.17, 15) is 13.2 Å². The maximum Gasteiger partial charge on any atom is 0.273 e. The molecule has 5 aromatic rings. The Bertz CT molecular complexity index is 1750. The second-order valence-electron chi connectivity index (χ2n) is 8.18. The third-order valence-corrected chi connectivity index (χ3v) is 9.09. The number of hydrogen-bond donors (Lipinski definition) is 2. The Kier molecular flexibility index (Phi) is 6.65. The van der Waals surface area contributed by atoms with Gasteiger partial charge in [-0.1, -0.05) is 72.3 Å². The van der Waals surface area contributed by atoms with E-state index in [0.717, 1.165) is 16.0 Å². The van der Waals surface area contributed by atoms with E-state index in [4.69, 9.17) is 11.6 Å². The Balaban J connectivity index is 1.67. The van der Waals surface area contributed by atoms with Gasteiger partial charge in [0.05, 0.1) is 12.1 Å². The molecule has 0 saturated carbocycles. The normalized spacial score (nSPS) is 11.6. The van der Waals surface area contributed by atoms with Crippen LogP contribution in [0.25, 0.3) is 20.7 Å². The molecule has 182 valence electrons. The number of nitrogens with zero attached hydrogens (tertiary/aromatic N) is 2. The van der Waals surface area contributed by atoms with Crippen LogP contribution in [0, 0.1) is 6.92 Å². The van der Waals surface area contributed by atoms with Crippen LogP contribution in [0.5, 0.6) is 0 Å². The first-order valence-corrected chi connectivity index (χ1v) is 14.0. The first-order valence-electron chi connectivity index (χ1n) is 10.9. The zero-order valence-corrected chi connectivity index (χ0v) is 22.3. The van der Waals surface area contributed by atoms with Crippen molar-refractivity contribution in [1.82, 2.24) is 9.55 Å². The van der Waals surface area contributed by atoms with Gasteiger partial charge in [0.15, 0.2) is 0 Å². The zero-order chi connectivity index (χ0) is 25.4. The van der Waals surface area contributed by atoms with Gasteiger partial charge >= 0.3 is 0 Å². The second-order valence-corrected chi connectivity index (χ2v) is 11.8. The van der Waals surface area contributed by atoms with Crippen LogP contribution < -0.4 is 10.3 Å². The molecule has 3 aromatic carbocycles. The highest BCUT2D eigenvalue weighted by molar-refractivity contribution is 7.93. The van der Waals surface area contributed by atoms with Crippen LogP contribution >= 0.6 is 35.6 Å². The monoisotopic (exact) mass is 553 g/mol. The van der Waals surface area contributed by atoms with Crippen molar-refractivity contribution in [2.24, 2.45) is 0 Å². The Morgan fingerprint density at radius 1 is 1.03 bits per heavy atom. The van der Waals surface area contributed by atoms with Crippen molar-refractivity contribution < 1.29 is 8.42 Å². The van der Waals surface area contributed by atoms with Crippen LogP contribution in [0.15, 0.2) is 93.4 Å². The lowest BCUT2D eigenvalue weighted by molar-refractivity contribution is 0.598. The maximum absolute atomic E-state index is 13.7. The van der Waals surface area contributed by atoms with Gasteiger partial charge in [-0.2, -0.15) is 0 Å². The van der Waals surface area contributed by atoms with Crippen molar-refractivity contribution in [2.75, 3.05) is 4.72 Å². The standard InChI is InChI=1S/C26H20ClN3O3S3/c1-16-12-23(21(34)13-19(16)27)36(32,33)29-26-28-20-14-22(18-10-6-3-7-11-18)35-24(20)25(31)30(26)15-17-8-4-2-5-9-17/h2-14,34H,15H2,1H3,(H,28,29). The smallest absolute Gasteiger partial charge is 0.272 e. The molecule has 10 heteroatoms. The lowest BCUT2D eigenvalue weighted by Crippen LogP contribution is -2.27. The topological polar surface area (TPSA) is 81.1 Å². The minimum atomic E-state index is -4.13. The van der Waals surface area contributed by atoms with E-state index in [1.165, 1.54) is 28.0 Å². The number of benzene rings is 3. The molecule has 0 amide bonds. The first kappa shape index (κ1) is 24.6. The number of halogens is 1. The summed E-state index contributed by atoms with van der Waals surface area (Å²) in [6, 6.07) is 23.7. The predicted molar refractivity (Wildman–Crippen MR) is 149 cm³/mol. The zero-order valence-electron chi connectivity index (χ0n) is 19.0. The SMILES string of the molecule is Cc1cc(S(=O)(=O)Nc2nc3cc(-c4ccccc4)sc3c(=O)n2Cc2ccccc2)c(S)cc1Cl.